The molecule has 0 radical (unpaired) electrons. The molecular formula is C26H25N3O4. The minimum absolute atomic E-state index is 0.0195. The number of amides is 1. The highest BCUT2D eigenvalue weighted by atomic mass is 16.5. The van der Waals surface area contributed by atoms with Crippen molar-refractivity contribution in [1.29, 1.82) is 0 Å². The zero-order valence-corrected chi connectivity index (χ0v) is 18.9. The normalized spacial score (nSPS) is 17.3. The van der Waals surface area contributed by atoms with Gasteiger partial charge >= 0.3 is 5.91 Å². The quantitative estimate of drug-likeness (QED) is 0.363. The molecule has 1 unspecified atom stereocenters. The Morgan fingerprint density at radius 2 is 1.67 bits per heavy atom. The molecule has 4 rings (SSSR count). The molecule has 1 fully saturated rings. The van der Waals surface area contributed by atoms with Gasteiger partial charge in [-0.2, -0.15) is 0 Å². The van der Waals surface area contributed by atoms with Gasteiger partial charge in [-0.3, -0.25) is 14.5 Å². The number of ketones is 1. The summed E-state index contributed by atoms with van der Waals surface area (Å²) >= 11 is 0. The second-order valence-corrected chi connectivity index (χ2v) is 8.02. The Hall–Kier alpha value is -4.13. The summed E-state index contributed by atoms with van der Waals surface area (Å²) in [5.74, 6) is -0.759. The van der Waals surface area contributed by atoms with Crippen molar-refractivity contribution in [3.8, 4) is 5.75 Å². The lowest BCUT2D eigenvalue weighted by Crippen LogP contribution is -2.30. The molecule has 2 heterocycles. The molecule has 33 heavy (non-hydrogen) atoms. The van der Waals surface area contributed by atoms with E-state index in [-0.39, 0.29) is 11.3 Å². The number of aromatic nitrogens is 1. The first-order chi connectivity index (χ1) is 15.8. The highest BCUT2D eigenvalue weighted by Crippen LogP contribution is 2.42. The van der Waals surface area contributed by atoms with Gasteiger partial charge in [-0.1, -0.05) is 18.2 Å². The van der Waals surface area contributed by atoms with E-state index in [2.05, 4.69) is 4.98 Å². The number of carbonyl (C=O) groups is 2. The molecule has 1 amide bonds. The second-order valence-electron chi connectivity index (χ2n) is 8.02. The van der Waals surface area contributed by atoms with E-state index in [4.69, 9.17) is 4.74 Å². The van der Waals surface area contributed by atoms with Crippen molar-refractivity contribution >= 4 is 29.0 Å². The van der Waals surface area contributed by atoms with Gasteiger partial charge in [0.2, 0.25) is 0 Å². The zero-order valence-electron chi connectivity index (χ0n) is 18.9. The summed E-state index contributed by atoms with van der Waals surface area (Å²) in [5, 5.41) is 11.2. The van der Waals surface area contributed by atoms with Gasteiger partial charge in [0.1, 0.15) is 17.3 Å². The fourth-order valence-corrected chi connectivity index (χ4v) is 3.91. The van der Waals surface area contributed by atoms with Crippen LogP contribution in [0.2, 0.25) is 0 Å². The molecule has 168 valence electrons. The summed E-state index contributed by atoms with van der Waals surface area (Å²) < 4.78 is 5.18. The van der Waals surface area contributed by atoms with Gasteiger partial charge in [0.15, 0.2) is 0 Å². The van der Waals surface area contributed by atoms with E-state index in [1.54, 1.807) is 43.5 Å². The highest BCUT2D eigenvalue weighted by Gasteiger charge is 2.47. The smallest absolute Gasteiger partial charge is 0.301 e. The number of nitrogens with zero attached hydrogens (tertiary/aromatic N) is 3. The minimum atomic E-state index is -0.822. The molecule has 1 aliphatic rings. The van der Waals surface area contributed by atoms with E-state index in [1.807, 2.05) is 56.3 Å². The van der Waals surface area contributed by atoms with Crippen LogP contribution in [0.5, 0.6) is 5.75 Å². The molecule has 0 aliphatic carbocycles. The van der Waals surface area contributed by atoms with Crippen molar-refractivity contribution in [3.63, 3.8) is 0 Å². The summed E-state index contributed by atoms with van der Waals surface area (Å²) in [4.78, 5) is 34.2. The molecule has 1 N–H and O–H groups in total. The second kappa shape index (κ2) is 8.78. The van der Waals surface area contributed by atoms with E-state index >= 15 is 0 Å². The molecule has 3 aromatic rings. The predicted octanol–water partition coefficient (Wildman–Crippen LogP) is 4.09. The summed E-state index contributed by atoms with van der Waals surface area (Å²) in [6, 6.07) is 18.7. The summed E-state index contributed by atoms with van der Waals surface area (Å²) in [7, 11) is 5.41. The van der Waals surface area contributed by atoms with E-state index < -0.39 is 17.7 Å². The van der Waals surface area contributed by atoms with E-state index in [0.29, 0.717) is 28.4 Å². The zero-order chi connectivity index (χ0) is 23.7. The third-order valence-corrected chi connectivity index (χ3v) is 5.65. The number of aryl methyl sites for hydroxylation is 1. The first-order valence-corrected chi connectivity index (χ1v) is 10.5. The molecule has 0 saturated carbocycles. The van der Waals surface area contributed by atoms with Crippen LogP contribution in [0.15, 0.2) is 72.3 Å². The third-order valence-electron chi connectivity index (χ3n) is 5.65. The van der Waals surface area contributed by atoms with Crippen LogP contribution in [-0.4, -0.2) is 43.0 Å². The van der Waals surface area contributed by atoms with Crippen molar-refractivity contribution in [1.82, 2.24) is 4.98 Å². The Morgan fingerprint density at radius 1 is 1.00 bits per heavy atom. The van der Waals surface area contributed by atoms with Crippen LogP contribution < -0.4 is 14.5 Å². The van der Waals surface area contributed by atoms with Crippen molar-refractivity contribution < 1.29 is 19.4 Å². The average Bonchev–Trinajstić information content (AvgIpc) is 3.09. The number of pyridine rings is 1. The number of benzene rings is 2. The number of ether oxygens (including phenoxy) is 1. The molecule has 7 heteroatoms. The average molecular weight is 444 g/mol. The van der Waals surface area contributed by atoms with Crippen molar-refractivity contribution in [2.75, 3.05) is 31.0 Å². The third kappa shape index (κ3) is 4.05. The SMILES string of the molecule is COc1ccc(/C(O)=C2\C(=O)C(=O)N(c3cccc(C)n3)C2c2ccc(N(C)C)cc2)cc1. The monoisotopic (exact) mass is 443 g/mol. The predicted molar refractivity (Wildman–Crippen MR) is 128 cm³/mol. The maximum absolute atomic E-state index is 13.2. The molecule has 1 atom stereocenters. The molecule has 1 aromatic heterocycles. The van der Waals surface area contributed by atoms with Crippen LogP contribution in [0, 0.1) is 6.92 Å². The maximum atomic E-state index is 13.2. The van der Waals surface area contributed by atoms with E-state index in [1.165, 1.54) is 4.90 Å². The first kappa shape index (κ1) is 22.1. The fraction of sp³-hybridized carbons (Fsp3) is 0.192. The Balaban J connectivity index is 1.91. The molecule has 7 nitrogen and oxygen atoms in total. The number of aliphatic hydroxyl groups excluding tert-OH is 1. The minimum Gasteiger partial charge on any atom is -0.507 e. The van der Waals surface area contributed by atoms with Gasteiger partial charge in [-0.05, 0) is 61.0 Å². The number of aliphatic hydroxyl groups is 1. The Labute approximate surface area is 192 Å². The largest absolute Gasteiger partial charge is 0.507 e. The standard InChI is InChI=1S/C26H25N3O4/c1-16-6-5-7-21(27-16)29-23(17-8-12-19(13-9-17)28(2)3)22(25(31)26(29)32)24(30)18-10-14-20(33-4)15-11-18/h5-15,23,30H,1-4H3/b24-22+. The Kier molecular flexibility index (Phi) is 5.87. The van der Waals surface area contributed by atoms with Crippen molar-refractivity contribution in [3.05, 3.63) is 89.1 Å². The summed E-state index contributed by atoms with van der Waals surface area (Å²) in [6.45, 7) is 1.82. The molecule has 0 bridgehead atoms. The number of methoxy groups -OCH3 is 1. The Bertz CT molecular complexity index is 1230. The number of hydrogen-bond acceptors (Lipinski definition) is 6. The summed E-state index contributed by atoms with van der Waals surface area (Å²) in [5.41, 5.74) is 2.82. The Morgan fingerprint density at radius 3 is 2.24 bits per heavy atom. The van der Waals surface area contributed by atoms with Crippen LogP contribution in [0.25, 0.3) is 5.76 Å². The van der Waals surface area contributed by atoms with Crippen LogP contribution in [0.4, 0.5) is 11.5 Å². The van der Waals surface area contributed by atoms with Crippen molar-refractivity contribution in [2.45, 2.75) is 13.0 Å². The van der Waals surface area contributed by atoms with Gasteiger partial charge in [0.05, 0.1) is 18.7 Å². The fourth-order valence-electron chi connectivity index (χ4n) is 3.91. The lowest BCUT2D eigenvalue weighted by atomic mass is 9.95. The van der Waals surface area contributed by atoms with Gasteiger partial charge < -0.3 is 14.7 Å². The number of carbonyl (C=O) groups excluding carboxylic acids is 2. The molecule has 1 saturated heterocycles. The van der Waals surface area contributed by atoms with Crippen LogP contribution in [-0.2, 0) is 9.59 Å². The highest BCUT2D eigenvalue weighted by molar-refractivity contribution is 6.51. The topological polar surface area (TPSA) is 83.0 Å². The molecule has 0 spiro atoms. The van der Waals surface area contributed by atoms with Crippen LogP contribution in [0.3, 0.4) is 0 Å². The number of hydrogen-bond donors (Lipinski definition) is 1. The van der Waals surface area contributed by atoms with Crippen LogP contribution in [0.1, 0.15) is 22.9 Å². The number of anilines is 2. The van der Waals surface area contributed by atoms with Crippen LogP contribution >= 0.6 is 0 Å². The lowest BCUT2D eigenvalue weighted by Gasteiger charge is -2.25. The van der Waals surface area contributed by atoms with Gasteiger partial charge in [-0.25, -0.2) is 4.98 Å². The molecule has 1 aliphatic heterocycles. The number of Topliss-reactive ketones (excluding diaryl/α,β-unsaturated/α-hetero) is 1. The lowest BCUT2D eigenvalue weighted by molar-refractivity contribution is -0.132. The summed E-state index contributed by atoms with van der Waals surface area (Å²) in [6.07, 6.45) is 0. The number of rotatable bonds is 5. The van der Waals surface area contributed by atoms with Gasteiger partial charge in [-0.15, -0.1) is 0 Å². The molecule has 2 aromatic carbocycles. The maximum Gasteiger partial charge on any atom is 0.301 e. The first-order valence-electron chi connectivity index (χ1n) is 10.5. The molecular weight excluding hydrogens is 418 g/mol. The van der Waals surface area contributed by atoms with Crippen molar-refractivity contribution in [2.24, 2.45) is 0 Å². The van der Waals surface area contributed by atoms with Gasteiger partial charge in [0.25, 0.3) is 5.78 Å². The van der Waals surface area contributed by atoms with Gasteiger partial charge in [0, 0.05) is 31.0 Å². The van der Waals surface area contributed by atoms with E-state index in [9.17, 15) is 14.7 Å². The van der Waals surface area contributed by atoms with E-state index in [0.717, 1.165) is 5.69 Å².